The number of carbonyl (C=O) groups excluding carboxylic acids is 1. The number of hydrogen-bond acceptors (Lipinski definition) is 9. The monoisotopic (exact) mass is 751 g/mol. The molecule has 0 bridgehead atoms. The van der Waals surface area contributed by atoms with Gasteiger partial charge in [-0.15, -0.1) is 6.42 Å². The number of pyridine rings is 1. The largest absolute Gasteiger partial charge is 0.508 e. The number of terminal acetylenes is 1. The van der Waals surface area contributed by atoms with Crippen molar-refractivity contribution in [3.05, 3.63) is 41.5 Å². The fourth-order valence-corrected chi connectivity index (χ4v) is 8.68. The van der Waals surface area contributed by atoms with Gasteiger partial charge in [0.25, 0.3) is 0 Å². The second kappa shape index (κ2) is 14.0. The number of rotatable bonds is 8. The predicted octanol–water partition coefficient (Wildman–Crippen LogP) is 6.65. The SMILES string of the molecule is C#Cc1c(F)ccc2cc(O)cc(-c3nc(N(C)C)c4c(N5CC(CC)N(C(=O)C(F)(F)F)C(CC)C5)nc(OCC56CCCN5CCC6)nc4c3F)c12. The van der Waals surface area contributed by atoms with Crippen molar-refractivity contribution in [2.24, 2.45) is 0 Å². The van der Waals surface area contributed by atoms with E-state index in [1.165, 1.54) is 24.3 Å². The highest BCUT2D eigenvalue weighted by atomic mass is 19.4. The van der Waals surface area contributed by atoms with Crippen LogP contribution in [0, 0.1) is 24.0 Å². The normalized spacial score (nSPS) is 20.1. The Balaban J connectivity index is 1.45. The molecular weight excluding hydrogens is 709 g/mol. The zero-order chi connectivity index (χ0) is 38.7. The van der Waals surface area contributed by atoms with Crippen molar-refractivity contribution in [1.29, 1.82) is 0 Å². The van der Waals surface area contributed by atoms with Crippen molar-refractivity contribution >= 4 is 39.2 Å². The molecule has 3 aliphatic rings. The summed E-state index contributed by atoms with van der Waals surface area (Å²) < 4.78 is 80.4. The van der Waals surface area contributed by atoms with Crippen molar-refractivity contribution < 1.29 is 36.6 Å². The van der Waals surface area contributed by atoms with Crippen LogP contribution in [0.4, 0.5) is 33.6 Å². The Morgan fingerprint density at radius 1 is 1.04 bits per heavy atom. The highest BCUT2D eigenvalue weighted by Crippen LogP contribution is 2.44. The van der Waals surface area contributed by atoms with Crippen LogP contribution in [0.15, 0.2) is 24.3 Å². The molecule has 2 atom stereocenters. The summed E-state index contributed by atoms with van der Waals surface area (Å²) in [6.07, 6.45) is 4.99. The molecule has 10 nitrogen and oxygen atoms in total. The van der Waals surface area contributed by atoms with E-state index in [1.54, 1.807) is 37.7 Å². The number of carbonyl (C=O) groups is 1. The van der Waals surface area contributed by atoms with E-state index in [0.29, 0.717) is 5.39 Å². The lowest BCUT2D eigenvalue weighted by atomic mass is 9.95. The smallest absolute Gasteiger partial charge is 0.471 e. The van der Waals surface area contributed by atoms with E-state index in [2.05, 4.69) is 15.8 Å². The fraction of sp³-hybridized carbons (Fsp3) is 0.487. The van der Waals surface area contributed by atoms with E-state index >= 15 is 8.78 Å². The van der Waals surface area contributed by atoms with Crippen LogP contribution in [0.2, 0.25) is 0 Å². The van der Waals surface area contributed by atoms with E-state index in [0.717, 1.165) is 43.7 Å². The summed E-state index contributed by atoms with van der Waals surface area (Å²) in [5.74, 6) is -1.02. The minimum absolute atomic E-state index is 0.0314. The van der Waals surface area contributed by atoms with E-state index in [4.69, 9.17) is 21.1 Å². The molecule has 0 spiro atoms. The summed E-state index contributed by atoms with van der Waals surface area (Å²) in [4.78, 5) is 33.6. The van der Waals surface area contributed by atoms with Crippen LogP contribution >= 0.6 is 0 Å². The Labute approximate surface area is 309 Å². The van der Waals surface area contributed by atoms with Crippen molar-refractivity contribution in [2.45, 2.75) is 76.2 Å². The molecule has 0 aliphatic carbocycles. The molecule has 1 N–H and O–H groups in total. The standard InChI is InChI=1S/C39H42F5N7O3/c1-6-23-19-49(20-24(7-2)51(23)36(53)39(42,43)44)35-30-33(46-37(47-35)54-21-38-13-9-15-50(38)16-10-14-38)31(41)32(45-34(30)48(4)5)27-18-25(52)17-22-11-12-28(40)26(8-3)29(22)27/h3,11-12,17-18,23-24,52H,6-7,9-10,13-16,19-21H2,1-2,4-5H3. The summed E-state index contributed by atoms with van der Waals surface area (Å²) in [6.45, 7) is 5.50. The molecule has 4 aromatic rings. The third kappa shape index (κ3) is 6.27. The molecule has 7 rings (SSSR count). The second-order valence-electron chi connectivity index (χ2n) is 14.7. The first-order valence-corrected chi connectivity index (χ1v) is 18.2. The van der Waals surface area contributed by atoms with Gasteiger partial charge in [-0.2, -0.15) is 23.1 Å². The van der Waals surface area contributed by atoms with Gasteiger partial charge in [-0.3, -0.25) is 9.69 Å². The van der Waals surface area contributed by atoms with Gasteiger partial charge >= 0.3 is 18.1 Å². The maximum atomic E-state index is 17.4. The first-order valence-electron chi connectivity index (χ1n) is 18.2. The Morgan fingerprint density at radius 2 is 1.70 bits per heavy atom. The van der Waals surface area contributed by atoms with E-state index in [1.807, 2.05) is 0 Å². The summed E-state index contributed by atoms with van der Waals surface area (Å²) in [5.41, 5.74) is -0.775. The van der Waals surface area contributed by atoms with Gasteiger partial charge in [0, 0.05) is 50.2 Å². The lowest BCUT2D eigenvalue weighted by Gasteiger charge is -2.47. The average Bonchev–Trinajstić information content (AvgIpc) is 3.73. The number of hydrogen-bond donors (Lipinski definition) is 1. The Kier molecular flexibility index (Phi) is 9.70. The van der Waals surface area contributed by atoms with Crippen LogP contribution in [-0.2, 0) is 4.79 Å². The molecule has 286 valence electrons. The number of benzene rings is 2. The number of aromatic nitrogens is 3. The number of halogens is 5. The highest BCUT2D eigenvalue weighted by Gasteiger charge is 2.49. The van der Waals surface area contributed by atoms with Gasteiger partial charge in [0.15, 0.2) is 5.82 Å². The van der Waals surface area contributed by atoms with E-state index in [9.17, 15) is 23.1 Å². The number of ether oxygens (including phenoxy) is 1. The molecule has 3 aliphatic heterocycles. The molecule has 3 saturated heterocycles. The van der Waals surface area contributed by atoms with Crippen molar-refractivity contribution in [2.75, 3.05) is 56.7 Å². The molecule has 54 heavy (non-hydrogen) atoms. The average molecular weight is 752 g/mol. The summed E-state index contributed by atoms with van der Waals surface area (Å²) in [6, 6.07) is 3.45. The van der Waals surface area contributed by atoms with Gasteiger partial charge in [-0.05, 0) is 75.2 Å². The van der Waals surface area contributed by atoms with Gasteiger partial charge < -0.3 is 24.5 Å². The molecule has 1 amide bonds. The quantitative estimate of drug-likeness (QED) is 0.157. The number of fused-ring (bicyclic) bond motifs is 3. The third-order valence-electron chi connectivity index (χ3n) is 11.3. The number of phenols is 1. The maximum absolute atomic E-state index is 17.4. The van der Waals surface area contributed by atoms with Crippen molar-refractivity contribution in [1.82, 2.24) is 24.8 Å². The molecule has 2 unspecified atom stereocenters. The van der Waals surface area contributed by atoms with Crippen molar-refractivity contribution in [3.8, 4) is 35.4 Å². The highest BCUT2D eigenvalue weighted by molar-refractivity contribution is 6.06. The zero-order valence-electron chi connectivity index (χ0n) is 30.6. The summed E-state index contributed by atoms with van der Waals surface area (Å²) in [7, 11) is 3.37. The molecule has 0 saturated carbocycles. The minimum atomic E-state index is -5.06. The molecule has 3 fully saturated rings. The molecule has 2 aromatic carbocycles. The summed E-state index contributed by atoms with van der Waals surface area (Å²) in [5, 5.41) is 11.4. The van der Waals surface area contributed by atoms with Crippen LogP contribution in [0.5, 0.6) is 11.8 Å². The lowest BCUT2D eigenvalue weighted by molar-refractivity contribution is -0.191. The maximum Gasteiger partial charge on any atom is 0.471 e. The zero-order valence-corrected chi connectivity index (χ0v) is 30.6. The number of amides is 1. The van der Waals surface area contributed by atoms with Gasteiger partial charge in [0.1, 0.15) is 41.0 Å². The number of anilines is 2. The molecule has 5 heterocycles. The lowest BCUT2D eigenvalue weighted by Crippen LogP contribution is -2.63. The number of piperazine rings is 1. The first-order chi connectivity index (χ1) is 25.7. The number of phenolic OH excluding ortho intramolecular Hbond substituents is 1. The molecular formula is C39H42F5N7O3. The van der Waals surface area contributed by atoms with Crippen LogP contribution in [0.1, 0.15) is 57.9 Å². The first kappa shape index (κ1) is 37.3. The second-order valence-corrected chi connectivity index (χ2v) is 14.7. The van der Waals surface area contributed by atoms with Crippen LogP contribution < -0.4 is 14.5 Å². The Hall–Kier alpha value is -4.97. The topological polar surface area (TPSA) is 98.2 Å². The van der Waals surface area contributed by atoms with Gasteiger partial charge in [-0.1, -0.05) is 25.8 Å². The third-order valence-corrected chi connectivity index (χ3v) is 11.3. The fourth-order valence-electron chi connectivity index (χ4n) is 8.68. The minimum Gasteiger partial charge on any atom is -0.508 e. The van der Waals surface area contributed by atoms with E-state index in [-0.39, 0.29) is 94.6 Å². The number of nitrogens with zero attached hydrogens (tertiary/aromatic N) is 7. The van der Waals surface area contributed by atoms with Crippen LogP contribution in [0.25, 0.3) is 32.9 Å². The summed E-state index contributed by atoms with van der Waals surface area (Å²) >= 11 is 0. The Bertz CT molecular complexity index is 2150. The van der Waals surface area contributed by atoms with Crippen molar-refractivity contribution in [3.63, 3.8) is 0 Å². The molecule has 0 radical (unpaired) electrons. The Morgan fingerprint density at radius 3 is 2.30 bits per heavy atom. The molecule has 15 heteroatoms. The van der Waals surface area contributed by atoms with Crippen LogP contribution in [0.3, 0.4) is 0 Å². The van der Waals surface area contributed by atoms with Gasteiger partial charge in [0.2, 0.25) is 0 Å². The van der Waals surface area contributed by atoms with Gasteiger partial charge in [-0.25, -0.2) is 13.8 Å². The molecule has 2 aromatic heterocycles. The number of aromatic hydroxyl groups is 1. The van der Waals surface area contributed by atoms with Crippen LogP contribution in [-0.4, -0.2) is 106 Å². The van der Waals surface area contributed by atoms with E-state index < -0.39 is 35.8 Å². The predicted molar refractivity (Wildman–Crippen MR) is 196 cm³/mol. The number of alkyl halides is 3. The van der Waals surface area contributed by atoms with Gasteiger partial charge in [0.05, 0.1) is 16.5 Å².